The Morgan fingerprint density at radius 3 is 2.79 bits per heavy atom. The number of aromatic carboxylic acids is 1. The van der Waals surface area contributed by atoms with Crippen molar-refractivity contribution in [3.8, 4) is 0 Å². The van der Waals surface area contributed by atoms with Crippen LogP contribution in [0, 0.1) is 5.92 Å². The molecule has 4 heteroatoms. The van der Waals surface area contributed by atoms with Gasteiger partial charge in [-0.1, -0.05) is 37.6 Å². The van der Waals surface area contributed by atoms with Crippen molar-refractivity contribution in [2.45, 2.75) is 25.8 Å². The van der Waals surface area contributed by atoms with Crippen molar-refractivity contribution in [3.05, 3.63) is 36.0 Å². The number of carboxylic acid groups (broad SMARTS) is 1. The van der Waals surface area contributed by atoms with Gasteiger partial charge in [0, 0.05) is 23.0 Å². The maximum absolute atomic E-state index is 11.2. The van der Waals surface area contributed by atoms with Crippen LogP contribution in [0.25, 0.3) is 10.8 Å². The highest BCUT2D eigenvalue weighted by Crippen LogP contribution is 2.37. The average Bonchev–Trinajstić information content (AvgIpc) is 3.17. The standard InChI is InChI=1S/C15H16N2O2/c1-2-9-7-13(9)17-14-11-6-4-3-5-10(11)12(8-16-14)15(18)19/h3-6,8-9,13H,2,7H2,1H3,(H,16,17)(H,18,19). The van der Waals surface area contributed by atoms with E-state index in [1.54, 1.807) is 0 Å². The zero-order valence-electron chi connectivity index (χ0n) is 10.8. The Labute approximate surface area is 111 Å². The van der Waals surface area contributed by atoms with Crippen LogP contribution in [0.2, 0.25) is 0 Å². The van der Waals surface area contributed by atoms with Gasteiger partial charge in [-0.25, -0.2) is 9.78 Å². The predicted molar refractivity (Wildman–Crippen MR) is 74.5 cm³/mol. The molecule has 0 saturated heterocycles. The first-order valence-corrected chi connectivity index (χ1v) is 6.58. The van der Waals surface area contributed by atoms with E-state index >= 15 is 0 Å². The van der Waals surface area contributed by atoms with Crippen molar-refractivity contribution >= 4 is 22.6 Å². The highest BCUT2D eigenvalue weighted by atomic mass is 16.4. The van der Waals surface area contributed by atoms with E-state index in [2.05, 4.69) is 17.2 Å². The number of fused-ring (bicyclic) bond motifs is 1. The second kappa shape index (κ2) is 4.53. The van der Waals surface area contributed by atoms with E-state index in [9.17, 15) is 9.90 Å². The minimum atomic E-state index is -0.937. The number of benzene rings is 1. The molecule has 1 aromatic carbocycles. The van der Waals surface area contributed by atoms with Crippen LogP contribution in [0.5, 0.6) is 0 Å². The lowest BCUT2D eigenvalue weighted by atomic mass is 10.1. The topological polar surface area (TPSA) is 62.2 Å². The molecule has 0 bridgehead atoms. The SMILES string of the molecule is CCC1CC1Nc1ncc(C(=O)O)c2ccccc12. The molecule has 1 aliphatic carbocycles. The number of hydrogen-bond acceptors (Lipinski definition) is 3. The fourth-order valence-corrected chi connectivity index (χ4v) is 2.53. The van der Waals surface area contributed by atoms with Crippen molar-refractivity contribution in [1.29, 1.82) is 0 Å². The molecule has 3 rings (SSSR count). The highest BCUT2D eigenvalue weighted by molar-refractivity contribution is 6.06. The number of rotatable bonds is 4. The number of anilines is 1. The van der Waals surface area contributed by atoms with Crippen molar-refractivity contribution < 1.29 is 9.90 Å². The summed E-state index contributed by atoms with van der Waals surface area (Å²) in [7, 11) is 0. The summed E-state index contributed by atoms with van der Waals surface area (Å²) in [5.74, 6) is 0.578. The molecular weight excluding hydrogens is 240 g/mol. The summed E-state index contributed by atoms with van der Waals surface area (Å²) >= 11 is 0. The molecule has 2 aromatic rings. The maximum Gasteiger partial charge on any atom is 0.337 e. The summed E-state index contributed by atoms with van der Waals surface area (Å²) in [5.41, 5.74) is 0.254. The first-order chi connectivity index (χ1) is 9.20. The fourth-order valence-electron chi connectivity index (χ4n) is 2.53. The van der Waals surface area contributed by atoms with E-state index in [0.29, 0.717) is 6.04 Å². The van der Waals surface area contributed by atoms with Crippen LogP contribution in [0.3, 0.4) is 0 Å². The average molecular weight is 256 g/mol. The first kappa shape index (κ1) is 12.0. The van der Waals surface area contributed by atoms with Gasteiger partial charge in [0.05, 0.1) is 5.56 Å². The molecule has 1 aliphatic rings. The highest BCUT2D eigenvalue weighted by Gasteiger charge is 2.35. The molecule has 0 aliphatic heterocycles. The molecule has 0 spiro atoms. The summed E-state index contributed by atoms with van der Waals surface area (Å²) in [4.78, 5) is 15.5. The van der Waals surface area contributed by atoms with Gasteiger partial charge in [-0.05, 0) is 12.3 Å². The summed E-state index contributed by atoms with van der Waals surface area (Å²) < 4.78 is 0. The molecular formula is C15H16N2O2. The molecule has 1 saturated carbocycles. The zero-order chi connectivity index (χ0) is 13.4. The van der Waals surface area contributed by atoms with Crippen LogP contribution < -0.4 is 5.32 Å². The Morgan fingerprint density at radius 1 is 1.42 bits per heavy atom. The number of hydrogen-bond donors (Lipinski definition) is 2. The van der Waals surface area contributed by atoms with Crippen LogP contribution in [0.1, 0.15) is 30.1 Å². The van der Waals surface area contributed by atoms with E-state index in [1.165, 1.54) is 19.0 Å². The number of nitrogens with zero attached hydrogens (tertiary/aromatic N) is 1. The van der Waals surface area contributed by atoms with Gasteiger partial charge in [0.25, 0.3) is 0 Å². The van der Waals surface area contributed by atoms with E-state index in [0.717, 1.165) is 22.5 Å². The molecule has 1 heterocycles. The third-order valence-corrected chi connectivity index (χ3v) is 3.79. The van der Waals surface area contributed by atoms with E-state index in [1.807, 2.05) is 24.3 Å². The van der Waals surface area contributed by atoms with Crippen LogP contribution >= 0.6 is 0 Å². The number of pyridine rings is 1. The van der Waals surface area contributed by atoms with Gasteiger partial charge >= 0.3 is 5.97 Å². The molecule has 2 N–H and O–H groups in total. The third kappa shape index (κ3) is 2.14. The minimum absolute atomic E-state index is 0.254. The molecule has 98 valence electrons. The van der Waals surface area contributed by atoms with Crippen LogP contribution in [-0.4, -0.2) is 22.1 Å². The molecule has 2 unspecified atom stereocenters. The monoisotopic (exact) mass is 256 g/mol. The second-order valence-electron chi connectivity index (χ2n) is 5.03. The Bertz CT molecular complexity index is 639. The number of carboxylic acids is 1. The zero-order valence-corrected chi connectivity index (χ0v) is 10.8. The molecule has 1 fully saturated rings. The smallest absolute Gasteiger partial charge is 0.337 e. The largest absolute Gasteiger partial charge is 0.478 e. The van der Waals surface area contributed by atoms with E-state index < -0.39 is 5.97 Å². The van der Waals surface area contributed by atoms with Crippen molar-refractivity contribution in [2.24, 2.45) is 5.92 Å². The lowest BCUT2D eigenvalue weighted by Crippen LogP contribution is -2.08. The van der Waals surface area contributed by atoms with Crippen LogP contribution in [-0.2, 0) is 0 Å². The Balaban J connectivity index is 2.02. The lowest BCUT2D eigenvalue weighted by molar-refractivity contribution is 0.0698. The van der Waals surface area contributed by atoms with Crippen LogP contribution in [0.15, 0.2) is 30.5 Å². The van der Waals surface area contributed by atoms with Crippen LogP contribution in [0.4, 0.5) is 5.82 Å². The molecule has 19 heavy (non-hydrogen) atoms. The number of aromatic nitrogens is 1. The maximum atomic E-state index is 11.2. The molecule has 0 amide bonds. The Kier molecular flexibility index (Phi) is 2.85. The van der Waals surface area contributed by atoms with Crippen molar-refractivity contribution in [2.75, 3.05) is 5.32 Å². The summed E-state index contributed by atoms with van der Waals surface area (Å²) in [5, 5.41) is 14.2. The number of nitrogens with one attached hydrogen (secondary N) is 1. The summed E-state index contributed by atoms with van der Waals surface area (Å²) in [6.45, 7) is 2.19. The van der Waals surface area contributed by atoms with Gasteiger partial charge in [0.2, 0.25) is 0 Å². The number of carbonyl (C=O) groups is 1. The third-order valence-electron chi connectivity index (χ3n) is 3.79. The summed E-state index contributed by atoms with van der Waals surface area (Å²) in [6.07, 6.45) is 3.78. The van der Waals surface area contributed by atoms with Gasteiger partial charge in [-0.15, -0.1) is 0 Å². The van der Waals surface area contributed by atoms with Gasteiger partial charge in [0.1, 0.15) is 5.82 Å². The van der Waals surface area contributed by atoms with Gasteiger partial charge in [-0.3, -0.25) is 0 Å². The Morgan fingerprint density at radius 2 is 2.16 bits per heavy atom. The molecule has 4 nitrogen and oxygen atoms in total. The lowest BCUT2D eigenvalue weighted by Gasteiger charge is -2.10. The molecule has 0 radical (unpaired) electrons. The van der Waals surface area contributed by atoms with Gasteiger partial charge < -0.3 is 10.4 Å². The normalized spacial score (nSPS) is 21.3. The van der Waals surface area contributed by atoms with Gasteiger partial charge in [-0.2, -0.15) is 0 Å². The predicted octanol–water partition coefficient (Wildman–Crippen LogP) is 3.14. The fraction of sp³-hybridized carbons (Fsp3) is 0.333. The quantitative estimate of drug-likeness (QED) is 0.882. The van der Waals surface area contributed by atoms with E-state index in [4.69, 9.17) is 0 Å². The van der Waals surface area contributed by atoms with Crippen molar-refractivity contribution in [1.82, 2.24) is 4.98 Å². The minimum Gasteiger partial charge on any atom is -0.478 e. The second-order valence-corrected chi connectivity index (χ2v) is 5.03. The molecule has 2 atom stereocenters. The Hall–Kier alpha value is -2.10. The van der Waals surface area contributed by atoms with Crippen molar-refractivity contribution in [3.63, 3.8) is 0 Å². The molecule has 1 aromatic heterocycles. The first-order valence-electron chi connectivity index (χ1n) is 6.58. The van der Waals surface area contributed by atoms with E-state index in [-0.39, 0.29) is 5.56 Å². The summed E-state index contributed by atoms with van der Waals surface area (Å²) in [6, 6.07) is 7.99. The van der Waals surface area contributed by atoms with Gasteiger partial charge in [0.15, 0.2) is 0 Å².